The highest BCUT2D eigenvalue weighted by atomic mass is 32.2. The van der Waals surface area contributed by atoms with Gasteiger partial charge in [0, 0.05) is 11.4 Å². The van der Waals surface area contributed by atoms with Crippen LogP contribution in [0.3, 0.4) is 0 Å². The fourth-order valence-electron chi connectivity index (χ4n) is 2.51. The van der Waals surface area contributed by atoms with Gasteiger partial charge in [0.15, 0.2) is 0 Å². The summed E-state index contributed by atoms with van der Waals surface area (Å²) in [5.41, 5.74) is 3.06. The smallest absolute Gasteiger partial charge is 0.337 e. The summed E-state index contributed by atoms with van der Waals surface area (Å²) >= 11 is 1.88. The quantitative estimate of drug-likeness (QED) is 0.803. The van der Waals surface area contributed by atoms with Crippen molar-refractivity contribution >= 4 is 23.4 Å². The number of esters is 1. The number of nitrogens with zero attached hydrogens (tertiary/aromatic N) is 1. The fourth-order valence-corrected chi connectivity index (χ4v) is 3.66. The van der Waals surface area contributed by atoms with Crippen molar-refractivity contribution in [3.05, 3.63) is 59.7 Å². The van der Waals surface area contributed by atoms with Crippen molar-refractivity contribution < 1.29 is 9.53 Å². The Hall–Kier alpha value is -1.94. The molecule has 1 heterocycles. The first-order valence-corrected chi connectivity index (χ1v) is 7.76. The van der Waals surface area contributed by atoms with E-state index in [-0.39, 0.29) is 5.97 Å². The van der Waals surface area contributed by atoms with Crippen LogP contribution in [0, 0.1) is 0 Å². The summed E-state index contributed by atoms with van der Waals surface area (Å²) in [5.74, 6) is -0.294. The van der Waals surface area contributed by atoms with Crippen molar-refractivity contribution in [3.8, 4) is 0 Å². The van der Waals surface area contributed by atoms with Crippen molar-refractivity contribution in [2.75, 3.05) is 12.0 Å². The number of ether oxygens (including phenoxy) is 1. The van der Waals surface area contributed by atoms with Crippen LogP contribution in [0.2, 0.25) is 0 Å². The third kappa shape index (κ3) is 2.76. The average Bonchev–Trinajstić information content (AvgIpc) is 2.83. The molecule has 21 heavy (non-hydrogen) atoms. The van der Waals surface area contributed by atoms with E-state index >= 15 is 0 Å². The van der Waals surface area contributed by atoms with E-state index in [0.29, 0.717) is 10.9 Å². The molecule has 0 aromatic heterocycles. The molecular weight excluding hydrogens is 282 g/mol. The maximum absolute atomic E-state index is 11.4. The number of rotatable bonds is 3. The van der Waals surface area contributed by atoms with Gasteiger partial charge in [0.25, 0.3) is 0 Å². The third-order valence-electron chi connectivity index (χ3n) is 3.64. The molecule has 0 spiro atoms. The predicted octanol–water partition coefficient (Wildman–Crippen LogP) is 3.93. The van der Waals surface area contributed by atoms with Crippen LogP contribution in [-0.2, 0) is 11.3 Å². The highest BCUT2D eigenvalue weighted by Gasteiger charge is 2.26. The summed E-state index contributed by atoms with van der Waals surface area (Å²) in [6.07, 6.45) is 0. The summed E-state index contributed by atoms with van der Waals surface area (Å²) in [6.45, 7) is 3.06. The van der Waals surface area contributed by atoms with E-state index in [4.69, 9.17) is 4.74 Å². The van der Waals surface area contributed by atoms with E-state index in [0.717, 1.165) is 6.54 Å². The molecule has 0 saturated heterocycles. The topological polar surface area (TPSA) is 29.5 Å². The second-order valence-corrected chi connectivity index (χ2v) is 6.36. The number of anilines is 1. The van der Waals surface area contributed by atoms with Crippen molar-refractivity contribution in [3.63, 3.8) is 0 Å². The minimum atomic E-state index is -0.294. The van der Waals surface area contributed by atoms with Gasteiger partial charge in [-0.25, -0.2) is 4.79 Å². The van der Waals surface area contributed by atoms with Gasteiger partial charge in [0.05, 0.1) is 23.7 Å². The second-order valence-electron chi connectivity index (χ2n) is 5.00. The van der Waals surface area contributed by atoms with E-state index in [1.165, 1.54) is 23.3 Å². The number of fused-ring (bicyclic) bond motifs is 1. The lowest BCUT2D eigenvalue weighted by Crippen LogP contribution is -2.26. The van der Waals surface area contributed by atoms with Gasteiger partial charge in [0.1, 0.15) is 0 Å². The molecule has 0 amide bonds. The molecule has 1 aliphatic heterocycles. The SMILES string of the molecule is COC(=O)c1ccc(CN2c3ccccc3SC2C)cc1. The molecule has 108 valence electrons. The Labute approximate surface area is 128 Å². The van der Waals surface area contributed by atoms with Crippen LogP contribution in [0.1, 0.15) is 22.8 Å². The predicted molar refractivity (Wildman–Crippen MR) is 85.7 cm³/mol. The summed E-state index contributed by atoms with van der Waals surface area (Å²) in [4.78, 5) is 15.2. The van der Waals surface area contributed by atoms with Crippen LogP contribution in [0.4, 0.5) is 5.69 Å². The Morgan fingerprint density at radius 3 is 2.62 bits per heavy atom. The minimum Gasteiger partial charge on any atom is -0.465 e. The lowest BCUT2D eigenvalue weighted by atomic mass is 10.1. The van der Waals surface area contributed by atoms with Crippen LogP contribution in [0.25, 0.3) is 0 Å². The van der Waals surface area contributed by atoms with Gasteiger partial charge in [-0.1, -0.05) is 36.0 Å². The zero-order valence-corrected chi connectivity index (χ0v) is 12.9. The summed E-state index contributed by atoms with van der Waals surface area (Å²) in [6, 6.07) is 16.1. The van der Waals surface area contributed by atoms with Crippen LogP contribution in [-0.4, -0.2) is 18.5 Å². The van der Waals surface area contributed by atoms with Gasteiger partial charge in [-0.3, -0.25) is 0 Å². The van der Waals surface area contributed by atoms with Crippen molar-refractivity contribution in [1.82, 2.24) is 0 Å². The molecule has 2 aromatic carbocycles. The molecule has 0 bridgehead atoms. The minimum absolute atomic E-state index is 0.294. The molecular formula is C17H17NO2S. The van der Waals surface area contributed by atoms with E-state index in [1.807, 2.05) is 36.0 Å². The lowest BCUT2D eigenvalue weighted by molar-refractivity contribution is 0.0600. The van der Waals surface area contributed by atoms with Gasteiger partial charge in [0.2, 0.25) is 0 Å². The maximum Gasteiger partial charge on any atom is 0.337 e. The molecule has 0 aliphatic carbocycles. The first-order valence-electron chi connectivity index (χ1n) is 6.88. The molecule has 0 N–H and O–H groups in total. The molecule has 1 atom stereocenters. The Bertz CT molecular complexity index is 654. The van der Waals surface area contributed by atoms with Crippen LogP contribution < -0.4 is 4.90 Å². The summed E-state index contributed by atoms with van der Waals surface area (Å²) < 4.78 is 4.72. The van der Waals surface area contributed by atoms with E-state index in [2.05, 4.69) is 36.1 Å². The molecule has 1 aliphatic rings. The molecule has 3 rings (SSSR count). The number of thioether (sulfide) groups is 1. The number of carbonyl (C=O) groups excluding carboxylic acids is 1. The highest BCUT2D eigenvalue weighted by Crippen LogP contribution is 2.43. The number of methoxy groups -OCH3 is 1. The molecule has 3 nitrogen and oxygen atoms in total. The Kier molecular flexibility index (Phi) is 3.88. The summed E-state index contributed by atoms with van der Waals surface area (Å²) in [7, 11) is 1.40. The average molecular weight is 299 g/mol. The largest absolute Gasteiger partial charge is 0.465 e. The molecule has 0 saturated carbocycles. The number of hydrogen-bond acceptors (Lipinski definition) is 4. The van der Waals surface area contributed by atoms with Crippen LogP contribution in [0.15, 0.2) is 53.4 Å². The normalized spacial score (nSPS) is 16.7. The number of benzene rings is 2. The molecule has 1 unspecified atom stereocenters. The highest BCUT2D eigenvalue weighted by molar-refractivity contribution is 8.00. The van der Waals surface area contributed by atoms with Crippen molar-refractivity contribution in [2.24, 2.45) is 0 Å². The third-order valence-corrected chi connectivity index (χ3v) is 4.83. The van der Waals surface area contributed by atoms with Gasteiger partial charge in [-0.05, 0) is 36.8 Å². The van der Waals surface area contributed by atoms with E-state index in [9.17, 15) is 4.79 Å². The number of para-hydroxylation sites is 1. The number of hydrogen-bond donors (Lipinski definition) is 0. The monoisotopic (exact) mass is 299 g/mol. The molecule has 2 aromatic rings. The van der Waals surface area contributed by atoms with Gasteiger partial charge >= 0.3 is 5.97 Å². The summed E-state index contributed by atoms with van der Waals surface area (Å²) in [5, 5.41) is 0.419. The Morgan fingerprint density at radius 2 is 1.90 bits per heavy atom. The zero-order chi connectivity index (χ0) is 14.8. The lowest BCUT2D eigenvalue weighted by Gasteiger charge is -2.24. The molecule has 0 radical (unpaired) electrons. The van der Waals surface area contributed by atoms with Gasteiger partial charge in [-0.15, -0.1) is 0 Å². The number of carbonyl (C=O) groups is 1. The Morgan fingerprint density at radius 1 is 1.19 bits per heavy atom. The molecule has 4 heteroatoms. The first-order chi connectivity index (χ1) is 10.2. The standard InChI is InChI=1S/C17H17NO2S/c1-12-18(15-5-3-4-6-16(15)21-12)11-13-7-9-14(10-8-13)17(19)20-2/h3-10,12H,11H2,1-2H3. The second kappa shape index (κ2) is 5.82. The van der Waals surface area contributed by atoms with Crippen LogP contribution >= 0.6 is 11.8 Å². The van der Waals surface area contributed by atoms with Crippen molar-refractivity contribution in [1.29, 1.82) is 0 Å². The first kappa shape index (κ1) is 14.0. The van der Waals surface area contributed by atoms with E-state index < -0.39 is 0 Å². The molecule has 0 fully saturated rings. The zero-order valence-electron chi connectivity index (χ0n) is 12.1. The van der Waals surface area contributed by atoms with Gasteiger partial charge < -0.3 is 9.64 Å². The fraction of sp³-hybridized carbons (Fsp3) is 0.235. The Balaban J connectivity index is 1.79. The van der Waals surface area contributed by atoms with Crippen molar-refractivity contribution in [2.45, 2.75) is 23.7 Å². The van der Waals surface area contributed by atoms with Gasteiger partial charge in [-0.2, -0.15) is 0 Å². The van der Waals surface area contributed by atoms with Crippen LogP contribution in [0.5, 0.6) is 0 Å². The van der Waals surface area contributed by atoms with E-state index in [1.54, 1.807) is 0 Å². The maximum atomic E-state index is 11.4.